The Balaban J connectivity index is 0.988. The number of carbonyl (C=O) groups excluding carboxylic acids is 3. The van der Waals surface area contributed by atoms with E-state index in [-0.39, 0.29) is 30.7 Å². The molecule has 3 heterocycles. The second kappa shape index (κ2) is 15.9. The van der Waals surface area contributed by atoms with Crippen LogP contribution in [0.2, 0.25) is 10.0 Å². The van der Waals surface area contributed by atoms with Crippen LogP contribution in [0.4, 0.5) is 11.4 Å². The third-order valence-corrected chi connectivity index (χ3v) is 9.63. The summed E-state index contributed by atoms with van der Waals surface area (Å²) < 4.78 is 17.1. The van der Waals surface area contributed by atoms with Crippen molar-refractivity contribution in [3.63, 3.8) is 0 Å². The van der Waals surface area contributed by atoms with E-state index in [9.17, 15) is 19.6 Å². The Bertz CT molecular complexity index is 1990. The third-order valence-electron chi connectivity index (χ3n) is 9.03. The molecule has 3 aromatic carbocycles. The van der Waals surface area contributed by atoms with Crippen LogP contribution in [0.15, 0.2) is 54.7 Å². The number of pyridine rings is 1. The van der Waals surface area contributed by atoms with Crippen LogP contribution < -0.4 is 19.5 Å². The van der Waals surface area contributed by atoms with Crippen LogP contribution in [0.25, 0.3) is 10.9 Å². The van der Waals surface area contributed by atoms with Crippen molar-refractivity contribution in [2.24, 2.45) is 0 Å². The fourth-order valence-electron chi connectivity index (χ4n) is 6.29. The molecule has 1 N–H and O–H groups in total. The topological polar surface area (TPSA) is 137 Å². The number of nitriles is 1. The Kier molecular flexibility index (Phi) is 11.1. The predicted octanol–water partition coefficient (Wildman–Crippen LogP) is 6.16. The number of halogens is 2. The number of amides is 3. The van der Waals surface area contributed by atoms with Gasteiger partial charge in [0, 0.05) is 69.4 Å². The Morgan fingerprint density at radius 3 is 2.27 bits per heavy atom. The number of rotatable bonds is 13. The standard InChI is InChI=1S/C37H36Cl2N6O6/c1-49-31-20-30(27(38)18-28(31)39)42-35-23(21-40)22-41-29-19-33(32(50-2)17-26(29)35)51-16-6-10-43-12-14-44(15-13-43)34(46)9-5-11-45-36(47)24-7-3-4-8-25(24)37(45)48/h3-4,7-8,17-20,22H,5-6,9-16H2,1-2H3,(H,41,42). The monoisotopic (exact) mass is 730 g/mol. The van der Waals surface area contributed by atoms with Gasteiger partial charge in [-0.1, -0.05) is 35.3 Å². The summed E-state index contributed by atoms with van der Waals surface area (Å²) in [7, 11) is 3.06. The molecule has 12 nitrogen and oxygen atoms in total. The average molecular weight is 732 g/mol. The molecule has 2 aliphatic heterocycles. The normalized spacial score (nSPS) is 14.4. The summed E-state index contributed by atoms with van der Waals surface area (Å²) in [6.45, 7) is 4.17. The number of piperazine rings is 1. The number of ether oxygens (including phenoxy) is 3. The maximum absolute atomic E-state index is 12.9. The Hall–Kier alpha value is -5.09. The van der Waals surface area contributed by atoms with E-state index in [0.717, 1.165) is 26.1 Å². The lowest BCUT2D eigenvalue weighted by Gasteiger charge is -2.34. The highest BCUT2D eigenvalue weighted by atomic mass is 35.5. The number of anilines is 2. The molecule has 0 aliphatic carbocycles. The average Bonchev–Trinajstić information content (AvgIpc) is 3.39. The fourth-order valence-corrected chi connectivity index (χ4v) is 6.80. The summed E-state index contributed by atoms with van der Waals surface area (Å²) in [5, 5.41) is 14.4. The van der Waals surface area contributed by atoms with Crippen molar-refractivity contribution in [3.8, 4) is 23.3 Å². The molecular weight excluding hydrogens is 695 g/mol. The van der Waals surface area contributed by atoms with Crippen LogP contribution >= 0.6 is 23.2 Å². The highest BCUT2D eigenvalue weighted by Crippen LogP contribution is 2.40. The minimum atomic E-state index is -0.297. The number of fused-ring (bicyclic) bond motifs is 2. The number of nitrogens with zero attached hydrogens (tertiary/aromatic N) is 5. The molecule has 0 spiro atoms. The maximum atomic E-state index is 12.9. The molecule has 0 bridgehead atoms. The van der Waals surface area contributed by atoms with Gasteiger partial charge in [0.2, 0.25) is 5.91 Å². The number of carbonyl (C=O) groups is 3. The lowest BCUT2D eigenvalue weighted by atomic mass is 10.1. The summed E-state index contributed by atoms with van der Waals surface area (Å²) in [4.78, 5) is 47.9. The van der Waals surface area contributed by atoms with Gasteiger partial charge in [-0.2, -0.15) is 5.26 Å². The number of hydrogen-bond acceptors (Lipinski definition) is 10. The van der Waals surface area contributed by atoms with Gasteiger partial charge in [-0.25, -0.2) is 0 Å². The van der Waals surface area contributed by atoms with E-state index >= 15 is 0 Å². The van der Waals surface area contributed by atoms with Crippen molar-refractivity contribution in [3.05, 3.63) is 81.5 Å². The highest BCUT2D eigenvalue weighted by Gasteiger charge is 2.34. The molecule has 3 amide bonds. The van der Waals surface area contributed by atoms with Crippen molar-refractivity contribution in [1.82, 2.24) is 19.7 Å². The molecule has 51 heavy (non-hydrogen) atoms. The summed E-state index contributed by atoms with van der Waals surface area (Å²) in [6.07, 6.45) is 2.95. The maximum Gasteiger partial charge on any atom is 0.261 e. The molecule has 0 atom stereocenters. The van der Waals surface area contributed by atoms with Crippen LogP contribution in [-0.4, -0.2) is 97.5 Å². The minimum Gasteiger partial charge on any atom is -0.495 e. The molecule has 6 rings (SSSR count). The predicted molar refractivity (Wildman–Crippen MR) is 193 cm³/mol. The molecule has 2 aliphatic rings. The number of aromatic nitrogens is 1. The van der Waals surface area contributed by atoms with Crippen molar-refractivity contribution in [2.45, 2.75) is 19.3 Å². The number of nitrogens with one attached hydrogen (secondary N) is 1. The van der Waals surface area contributed by atoms with Gasteiger partial charge in [0.1, 0.15) is 11.8 Å². The first kappa shape index (κ1) is 35.7. The van der Waals surface area contributed by atoms with Gasteiger partial charge in [0.05, 0.1) is 64.5 Å². The van der Waals surface area contributed by atoms with E-state index in [1.54, 1.807) is 55.6 Å². The zero-order valence-corrected chi connectivity index (χ0v) is 29.7. The molecule has 4 aromatic rings. The zero-order chi connectivity index (χ0) is 36.1. The zero-order valence-electron chi connectivity index (χ0n) is 28.2. The van der Waals surface area contributed by atoms with Crippen molar-refractivity contribution < 1.29 is 28.6 Å². The van der Waals surface area contributed by atoms with Gasteiger partial charge in [0.15, 0.2) is 11.5 Å². The second-order valence-electron chi connectivity index (χ2n) is 12.1. The molecule has 1 fully saturated rings. The van der Waals surface area contributed by atoms with E-state index < -0.39 is 0 Å². The largest absolute Gasteiger partial charge is 0.495 e. The first-order chi connectivity index (χ1) is 24.7. The lowest BCUT2D eigenvalue weighted by Crippen LogP contribution is -2.49. The van der Waals surface area contributed by atoms with Gasteiger partial charge in [-0.05, 0) is 37.1 Å². The van der Waals surface area contributed by atoms with Crippen molar-refractivity contribution in [2.75, 3.05) is 65.4 Å². The van der Waals surface area contributed by atoms with Crippen LogP contribution in [0.3, 0.4) is 0 Å². The molecule has 0 unspecified atom stereocenters. The van der Waals surface area contributed by atoms with Gasteiger partial charge in [-0.3, -0.25) is 29.2 Å². The number of benzene rings is 3. The first-order valence-electron chi connectivity index (χ1n) is 16.5. The Labute approximate surface area is 305 Å². The molecule has 14 heteroatoms. The molecule has 264 valence electrons. The Morgan fingerprint density at radius 2 is 1.61 bits per heavy atom. The third kappa shape index (κ3) is 7.66. The smallest absolute Gasteiger partial charge is 0.261 e. The molecular formula is C37H36Cl2N6O6. The van der Waals surface area contributed by atoms with Gasteiger partial charge < -0.3 is 24.4 Å². The lowest BCUT2D eigenvalue weighted by molar-refractivity contribution is -0.133. The molecule has 0 radical (unpaired) electrons. The van der Waals surface area contributed by atoms with Crippen LogP contribution in [0.1, 0.15) is 45.5 Å². The number of methoxy groups -OCH3 is 2. The molecule has 0 saturated carbocycles. The van der Waals surface area contributed by atoms with Crippen LogP contribution in [0, 0.1) is 11.3 Å². The first-order valence-corrected chi connectivity index (χ1v) is 17.3. The van der Waals surface area contributed by atoms with E-state index in [1.807, 2.05) is 4.90 Å². The van der Waals surface area contributed by atoms with E-state index in [2.05, 4.69) is 21.3 Å². The van der Waals surface area contributed by atoms with E-state index in [1.165, 1.54) is 18.2 Å². The van der Waals surface area contributed by atoms with Gasteiger partial charge >= 0.3 is 0 Å². The quantitative estimate of drug-likeness (QED) is 0.126. The van der Waals surface area contributed by atoms with E-state index in [4.69, 9.17) is 37.4 Å². The minimum absolute atomic E-state index is 0.0304. The van der Waals surface area contributed by atoms with E-state index in [0.29, 0.717) is 92.4 Å². The second-order valence-corrected chi connectivity index (χ2v) is 12.9. The van der Waals surface area contributed by atoms with Gasteiger partial charge in [0.25, 0.3) is 11.8 Å². The number of hydrogen-bond donors (Lipinski definition) is 1. The number of imide groups is 1. The highest BCUT2D eigenvalue weighted by molar-refractivity contribution is 6.37. The molecule has 1 saturated heterocycles. The SMILES string of the molecule is COc1cc(Nc2c(C#N)cnc3cc(OCCCN4CCN(C(=O)CCCN5C(=O)c6ccccc6C5=O)CC4)c(OC)cc23)c(Cl)cc1Cl. The van der Waals surface area contributed by atoms with Gasteiger partial charge in [-0.15, -0.1) is 0 Å². The summed E-state index contributed by atoms with van der Waals surface area (Å²) in [6, 6.07) is 15.8. The Morgan fingerprint density at radius 1 is 0.902 bits per heavy atom. The fraction of sp³-hybridized carbons (Fsp3) is 0.324. The van der Waals surface area contributed by atoms with Crippen LogP contribution in [-0.2, 0) is 4.79 Å². The summed E-state index contributed by atoms with van der Waals surface area (Å²) >= 11 is 12.7. The summed E-state index contributed by atoms with van der Waals surface area (Å²) in [5.74, 6) is 0.874. The van der Waals surface area contributed by atoms with Crippen molar-refractivity contribution >= 4 is 63.2 Å². The summed E-state index contributed by atoms with van der Waals surface area (Å²) in [5.41, 5.74) is 2.75. The van der Waals surface area contributed by atoms with Crippen LogP contribution in [0.5, 0.6) is 17.2 Å². The molecule has 1 aromatic heterocycles. The van der Waals surface area contributed by atoms with Crippen molar-refractivity contribution in [1.29, 1.82) is 5.26 Å².